The standard InChI is InChI=1S/C11H12N2O2/c1-3-7-4-5-8-9(6-7)13(2)10(12-8)11(14)15/h4-6H,3H2,1-2H3,(H,14,15). The average molecular weight is 204 g/mol. The molecule has 1 aromatic carbocycles. The highest BCUT2D eigenvalue weighted by Crippen LogP contribution is 2.17. The van der Waals surface area contributed by atoms with Gasteiger partial charge in [0.05, 0.1) is 11.0 Å². The van der Waals surface area contributed by atoms with Crippen LogP contribution in [0, 0.1) is 0 Å². The van der Waals surface area contributed by atoms with Crippen LogP contribution in [0.25, 0.3) is 11.0 Å². The molecule has 1 heterocycles. The van der Waals surface area contributed by atoms with Gasteiger partial charge in [0.2, 0.25) is 5.82 Å². The molecular weight excluding hydrogens is 192 g/mol. The van der Waals surface area contributed by atoms with Gasteiger partial charge in [0.15, 0.2) is 0 Å². The van der Waals surface area contributed by atoms with Crippen molar-refractivity contribution in [2.24, 2.45) is 7.05 Å². The van der Waals surface area contributed by atoms with E-state index >= 15 is 0 Å². The van der Waals surface area contributed by atoms with Gasteiger partial charge in [-0.2, -0.15) is 0 Å². The number of carbonyl (C=O) groups is 1. The van der Waals surface area contributed by atoms with Crippen LogP contribution in [0.5, 0.6) is 0 Å². The Morgan fingerprint density at radius 3 is 2.87 bits per heavy atom. The van der Waals surface area contributed by atoms with Crippen LogP contribution in [0.4, 0.5) is 0 Å². The number of fused-ring (bicyclic) bond motifs is 1. The van der Waals surface area contributed by atoms with Crippen LogP contribution < -0.4 is 0 Å². The summed E-state index contributed by atoms with van der Waals surface area (Å²) in [5.41, 5.74) is 2.78. The maximum Gasteiger partial charge on any atom is 0.372 e. The van der Waals surface area contributed by atoms with Gasteiger partial charge in [-0.05, 0) is 24.1 Å². The van der Waals surface area contributed by atoms with Crippen molar-refractivity contribution in [3.63, 3.8) is 0 Å². The van der Waals surface area contributed by atoms with Crippen LogP contribution in [0.1, 0.15) is 23.1 Å². The molecule has 0 fully saturated rings. The molecule has 0 atom stereocenters. The Hall–Kier alpha value is -1.84. The average Bonchev–Trinajstić information content (AvgIpc) is 2.56. The molecule has 1 N–H and O–H groups in total. The van der Waals surface area contributed by atoms with Gasteiger partial charge in [-0.25, -0.2) is 9.78 Å². The minimum Gasteiger partial charge on any atom is -0.475 e. The lowest BCUT2D eigenvalue weighted by Gasteiger charge is -1.99. The van der Waals surface area contributed by atoms with Gasteiger partial charge in [-0.15, -0.1) is 0 Å². The number of nitrogens with zero attached hydrogens (tertiary/aromatic N) is 2. The number of carboxylic acids is 1. The van der Waals surface area contributed by atoms with Crippen molar-refractivity contribution in [3.8, 4) is 0 Å². The van der Waals surface area contributed by atoms with Crippen molar-refractivity contribution in [1.29, 1.82) is 0 Å². The van der Waals surface area contributed by atoms with Gasteiger partial charge < -0.3 is 9.67 Å². The molecule has 0 amide bonds. The van der Waals surface area contributed by atoms with Gasteiger partial charge in [0.25, 0.3) is 0 Å². The molecule has 0 aliphatic carbocycles. The third kappa shape index (κ3) is 1.48. The molecule has 0 aliphatic heterocycles. The molecule has 2 rings (SSSR count). The van der Waals surface area contributed by atoms with E-state index in [9.17, 15) is 4.79 Å². The number of aryl methyl sites for hydroxylation is 2. The lowest BCUT2D eigenvalue weighted by atomic mass is 10.1. The highest BCUT2D eigenvalue weighted by molar-refractivity contribution is 5.89. The Labute approximate surface area is 87.2 Å². The number of carboxylic acid groups (broad SMARTS) is 1. The van der Waals surface area contributed by atoms with Gasteiger partial charge in [-0.3, -0.25) is 0 Å². The maximum atomic E-state index is 10.9. The van der Waals surface area contributed by atoms with Gasteiger partial charge in [-0.1, -0.05) is 13.0 Å². The fourth-order valence-electron chi connectivity index (χ4n) is 1.65. The summed E-state index contributed by atoms with van der Waals surface area (Å²) in [6.07, 6.45) is 0.934. The lowest BCUT2D eigenvalue weighted by Crippen LogP contribution is -2.05. The first-order valence-corrected chi connectivity index (χ1v) is 4.82. The molecule has 0 saturated carbocycles. The van der Waals surface area contributed by atoms with Crippen LogP contribution >= 0.6 is 0 Å². The van der Waals surface area contributed by atoms with E-state index in [0.717, 1.165) is 17.5 Å². The van der Waals surface area contributed by atoms with Crippen molar-refractivity contribution < 1.29 is 9.90 Å². The van der Waals surface area contributed by atoms with Crippen molar-refractivity contribution in [2.45, 2.75) is 13.3 Å². The largest absolute Gasteiger partial charge is 0.475 e. The number of benzene rings is 1. The number of hydrogen-bond acceptors (Lipinski definition) is 2. The second-order valence-corrected chi connectivity index (χ2v) is 3.48. The quantitative estimate of drug-likeness (QED) is 0.812. The molecule has 4 heteroatoms. The third-order valence-electron chi connectivity index (χ3n) is 2.54. The van der Waals surface area contributed by atoms with Crippen LogP contribution in [-0.4, -0.2) is 20.6 Å². The summed E-state index contributed by atoms with van der Waals surface area (Å²) in [7, 11) is 1.72. The van der Waals surface area contributed by atoms with Gasteiger partial charge in [0.1, 0.15) is 0 Å². The Kier molecular flexibility index (Phi) is 2.19. The van der Waals surface area contributed by atoms with Gasteiger partial charge in [0, 0.05) is 7.05 Å². The molecule has 0 saturated heterocycles. The highest BCUT2D eigenvalue weighted by Gasteiger charge is 2.13. The smallest absolute Gasteiger partial charge is 0.372 e. The predicted octanol–water partition coefficient (Wildman–Crippen LogP) is 1.83. The Balaban J connectivity index is 2.72. The van der Waals surface area contributed by atoms with Crippen LogP contribution in [0.15, 0.2) is 18.2 Å². The predicted molar refractivity (Wildman–Crippen MR) is 57.1 cm³/mol. The summed E-state index contributed by atoms with van der Waals surface area (Å²) >= 11 is 0. The zero-order valence-electron chi connectivity index (χ0n) is 8.69. The van der Waals surface area contributed by atoms with E-state index in [1.807, 2.05) is 18.2 Å². The highest BCUT2D eigenvalue weighted by atomic mass is 16.4. The van der Waals surface area contributed by atoms with Gasteiger partial charge >= 0.3 is 5.97 Å². The first-order valence-electron chi connectivity index (χ1n) is 4.82. The van der Waals surface area contributed by atoms with E-state index in [4.69, 9.17) is 5.11 Å². The zero-order chi connectivity index (χ0) is 11.0. The second-order valence-electron chi connectivity index (χ2n) is 3.48. The number of imidazole rings is 1. The molecule has 0 spiro atoms. The topological polar surface area (TPSA) is 55.1 Å². The summed E-state index contributed by atoms with van der Waals surface area (Å²) < 4.78 is 1.61. The first kappa shape index (κ1) is 9.71. The minimum absolute atomic E-state index is 0.0817. The number of aromatic carboxylic acids is 1. The third-order valence-corrected chi connectivity index (χ3v) is 2.54. The second kappa shape index (κ2) is 3.38. The maximum absolute atomic E-state index is 10.9. The molecule has 4 nitrogen and oxygen atoms in total. The Morgan fingerprint density at radius 2 is 2.27 bits per heavy atom. The first-order chi connectivity index (χ1) is 7.13. The lowest BCUT2D eigenvalue weighted by molar-refractivity contribution is 0.0680. The van der Waals surface area contributed by atoms with E-state index < -0.39 is 5.97 Å². The molecule has 0 bridgehead atoms. The molecule has 0 aliphatic rings. The Bertz CT molecular complexity index is 529. The minimum atomic E-state index is -0.994. The van der Waals surface area contributed by atoms with Crippen LogP contribution in [0.2, 0.25) is 0 Å². The molecule has 1 aromatic heterocycles. The number of aromatic nitrogens is 2. The molecule has 2 aromatic rings. The van der Waals surface area contributed by atoms with Crippen LogP contribution in [-0.2, 0) is 13.5 Å². The fraction of sp³-hybridized carbons (Fsp3) is 0.273. The summed E-state index contributed by atoms with van der Waals surface area (Å²) in [5, 5.41) is 8.91. The summed E-state index contributed by atoms with van der Waals surface area (Å²) in [6.45, 7) is 2.07. The number of hydrogen-bond donors (Lipinski definition) is 1. The monoisotopic (exact) mass is 204 g/mol. The SMILES string of the molecule is CCc1ccc2nc(C(=O)O)n(C)c2c1. The Morgan fingerprint density at radius 1 is 1.53 bits per heavy atom. The molecule has 78 valence electrons. The fourth-order valence-corrected chi connectivity index (χ4v) is 1.65. The van der Waals surface area contributed by atoms with E-state index in [2.05, 4.69) is 11.9 Å². The van der Waals surface area contributed by atoms with Crippen molar-refractivity contribution in [2.75, 3.05) is 0 Å². The summed E-state index contributed by atoms with van der Waals surface area (Å²) in [4.78, 5) is 14.9. The van der Waals surface area contributed by atoms with Crippen molar-refractivity contribution >= 4 is 17.0 Å². The molecule has 0 unspecified atom stereocenters. The van der Waals surface area contributed by atoms with Crippen LogP contribution in [0.3, 0.4) is 0 Å². The summed E-state index contributed by atoms with van der Waals surface area (Å²) in [5.74, 6) is -0.912. The van der Waals surface area contributed by atoms with E-state index in [1.54, 1.807) is 11.6 Å². The zero-order valence-corrected chi connectivity index (χ0v) is 8.69. The van der Waals surface area contributed by atoms with Crippen molar-refractivity contribution in [1.82, 2.24) is 9.55 Å². The van der Waals surface area contributed by atoms with E-state index in [-0.39, 0.29) is 5.82 Å². The van der Waals surface area contributed by atoms with E-state index in [0.29, 0.717) is 0 Å². The molecule has 15 heavy (non-hydrogen) atoms. The van der Waals surface area contributed by atoms with Crippen molar-refractivity contribution in [3.05, 3.63) is 29.6 Å². The number of rotatable bonds is 2. The molecular formula is C11H12N2O2. The summed E-state index contributed by atoms with van der Waals surface area (Å²) in [6, 6.07) is 5.82. The molecule has 0 radical (unpaired) electrons. The van der Waals surface area contributed by atoms with E-state index in [1.165, 1.54) is 5.56 Å². The normalized spacial score (nSPS) is 10.8.